The summed E-state index contributed by atoms with van der Waals surface area (Å²) in [5.41, 5.74) is 0.516. The van der Waals surface area contributed by atoms with Crippen molar-refractivity contribution >= 4 is 11.8 Å². The molecule has 2 N–H and O–H groups in total. The van der Waals surface area contributed by atoms with Crippen LogP contribution in [0.3, 0.4) is 0 Å². The zero-order valence-electron chi connectivity index (χ0n) is 22.5. The van der Waals surface area contributed by atoms with Crippen molar-refractivity contribution in [3.8, 4) is 0 Å². The fourth-order valence-corrected chi connectivity index (χ4v) is 9.18. The molecule has 5 saturated heterocycles. The van der Waals surface area contributed by atoms with Crippen LogP contribution in [0.25, 0.3) is 0 Å². The van der Waals surface area contributed by atoms with E-state index in [2.05, 4.69) is 23.8 Å². The van der Waals surface area contributed by atoms with Crippen LogP contribution < -0.4 is 10.6 Å². The first-order valence-electron chi connectivity index (χ1n) is 15.0. The highest BCUT2D eigenvalue weighted by Crippen LogP contribution is 2.62. The van der Waals surface area contributed by atoms with Crippen molar-refractivity contribution in [2.24, 2.45) is 11.8 Å². The Balaban J connectivity index is 0.955. The van der Waals surface area contributed by atoms with E-state index >= 15 is 0 Å². The molecule has 0 aromatic rings. The Morgan fingerprint density at radius 3 is 1.92 bits per heavy atom. The summed E-state index contributed by atoms with van der Waals surface area (Å²) in [5, 5.41) is 6.47. The molecule has 0 aromatic heterocycles. The van der Waals surface area contributed by atoms with E-state index in [1.54, 1.807) is 0 Å². The van der Waals surface area contributed by atoms with E-state index in [1.165, 1.54) is 131 Å². The average Bonchev–Trinajstić information content (AvgIpc) is 2.96. The number of hydrogen-bond donors (Lipinski definition) is 2. The summed E-state index contributed by atoms with van der Waals surface area (Å²) < 4.78 is 2.53. The summed E-state index contributed by atoms with van der Waals surface area (Å²) in [6.07, 6.45) is 18.9. The van der Waals surface area contributed by atoms with Crippen LogP contribution in [0.5, 0.6) is 0 Å². The number of carbonyl (C=O) groups is 2. The van der Waals surface area contributed by atoms with Crippen LogP contribution in [0.15, 0.2) is 25.3 Å². The minimum absolute atomic E-state index is 0.00232. The van der Waals surface area contributed by atoms with Gasteiger partial charge in [-0.1, -0.05) is 32.4 Å². The molecule has 5 unspecified atom stereocenters. The van der Waals surface area contributed by atoms with Crippen molar-refractivity contribution in [2.75, 3.05) is 45.8 Å². The Morgan fingerprint density at radius 2 is 1.36 bits per heavy atom. The van der Waals surface area contributed by atoms with Gasteiger partial charge in [0.05, 0.1) is 57.8 Å². The first-order valence-corrected chi connectivity index (χ1v) is 15.0. The molecule has 6 nitrogen and oxygen atoms in total. The SMILES string of the molecule is C=CC(=O)NC1C[N+]2(CCCCCCCCC[N+]34CCC35CCC5C(NC(=O)C=C)C4)CCC1CC2. The smallest absolute Gasteiger partial charge is 0.243 e. The van der Waals surface area contributed by atoms with Crippen LogP contribution in [0.2, 0.25) is 0 Å². The lowest BCUT2D eigenvalue weighted by Crippen LogP contribution is -2.75. The molecule has 200 valence electrons. The van der Waals surface area contributed by atoms with E-state index in [9.17, 15) is 9.59 Å². The number of quaternary nitrogens is 2. The number of nitrogens with zero attached hydrogens (tertiary/aromatic N) is 2. The van der Waals surface area contributed by atoms with Gasteiger partial charge in [0, 0.05) is 25.2 Å². The van der Waals surface area contributed by atoms with E-state index in [1.807, 2.05) is 0 Å². The van der Waals surface area contributed by atoms with Gasteiger partial charge in [-0.05, 0) is 50.2 Å². The van der Waals surface area contributed by atoms with Crippen molar-refractivity contribution in [3.05, 3.63) is 25.3 Å². The van der Waals surface area contributed by atoms with Crippen LogP contribution in [0, 0.1) is 11.8 Å². The Kier molecular flexibility index (Phi) is 7.65. The monoisotopic (exact) mass is 498 g/mol. The van der Waals surface area contributed by atoms with Crippen LogP contribution >= 0.6 is 0 Å². The molecule has 0 radical (unpaired) electrons. The number of carbonyl (C=O) groups excluding carboxylic acids is 2. The van der Waals surface area contributed by atoms with Crippen LogP contribution in [0.4, 0.5) is 0 Å². The third-order valence-corrected chi connectivity index (χ3v) is 11.4. The molecule has 2 amide bonds. The van der Waals surface area contributed by atoms with Crippen LogP contribution in [-0.2, 0) is 9.59 Å². The van der Waals surface area contributed by atoms with Crippen molar-refractivity contribution in [1.29, 1.82) is 0 Å². The summed E-state index contributed by atoms with van der Waals surface area (Å²) in [5.74, 6) is 1.40. The zero-order valence-corrected chi connectivity index (χ0v) is 22.5. The Hall–Kier alpha value is -1.66. The standard InChI is InChI=1S/C30H48N4O2/c1-3-28(35)31-26-22-33(19-13-24(26)14-20-33)17-10-8-6-5-7-9-11-18-34-21-16-30(34)15-12-25(30)27(23-34)32-29(36)4-2/h3-4,24-27H,1-2,5-23H2/p+2. The number of amides is 2. The second kappa shape index (κ2) is 10.6. The molecule has 5 atom stereocenters. The van der Waals surface area contributed by atoms with Gasteiger partial charge >= 0.3 is 0 Å². The molecule has 6 aliphatic rings. The highest BCUT2D eigenvalue weighted by Gasteiger charge is 2.74. The number of fused-ring (bicyclic) bond motifs is 3. The van der Waals surface area contributed by atoms with E-state index in [-0.39, 0.29) is 11.8 Å². The summed E-state index contributed by atoms with van der Waals surface area (Å²) in [7, 11) is 0. The quantitative estimate of drug-likeness (QED) is 0.218. The number of unbranched alkanes of at least 4 members (excludes halogenated alkanes) is 6. The lowest BCUT2D eigenvalue weighted by molar-refractivity contribution is -1.01. The molecule has 5 aliphatic heterocycles. The van der Waals surface area contributed by atoms with Crippen molar-refractivity contribution in [2.45, 2.75) is 94.7 Å². The zero-order chi connectivity index (χ0) is 25.2. The largest absolute Gasteiger partial charge is 0.344 e. The third-order valence-electron chi connectivity index (χ3n) is 11.4. The lowest BCUT2D eigenvalue weighted by Gasteiger charge is -2.63. The van der Waals surface area contributed by atoms with Gasteiger partial charge in [0.15, 0.2) is 0 Å². The summed E-state index contributed by atoms with van der Waals surface area (Å²) in [6, 6.07) is 0.728. The minimum Gasteiger partial charge on any atom is -0.344 e. The molecular weight excluding hydrogens is 448 g/mol. The predicted molar refractivity (Wildman–Crippen MR) is 144 cm³/mol. The van der Waals surface area contributed by atoms with Gasteiger partial charge in [-0.15, -0.1) is 0 Å². The second-order valence-corrected chi connectivity index (χ2v) is 12.9. The fourth-order valence-electron chi connectivity index (χ4n) is 9.18. The van der Waals surface area contributed by atoms with E-state index in [0.717, 1.165) is 13.1 Å². The molecule has 6 fully saturated rings. The summed E-state index contributed by atoms with van der Waals surface area (Å²) in [4.78, 5) is 23.7. The van der Waals surface area contributed by atoms with E-state index in [4.69, 9.17) is 0 Å². The molecular formula is C30H50N4O2+2. The Bertz CT molecular complexity index is 846. The molecule has 6 rings (SSSR count). The van der Waals surface area contributed by atoms with Crippen molar-refractivity contribution in [3.63, 3.8) is 0 Å². The van der Waals surface area contributed by atoms with Gasteiger partial charge in [-0.2, -0.15) is 0 Å². The number of nitrogens with one attached hydrogen (secondary N) is 2. The first kappa shape index (κ1) is 26.0. The van der Waals surface area contributed by atoms with Crippen molar-refractivity contribution in [1.82, 2.24) is 10.6 Å². The highest BCUT2D eigenvalue weighted by molar-refractivity contribution is 5.87. The third kappa shape index (κ3) is 4.69. The molecule has 6 heteroatoms. The molecule has 2 bridgehead atoms. The van der Waals surface area contributed by atoms with Gasteiger partial charge in [0.2, 0.25) is 11.8 Å². The van der Waals surface area contributed by atoms with Gasteiger partial charge in [-0.3, -0.25) is 9.59 Å². The maximum Gasteiger partial charge on any atom is 0.243 e. The Morgan fingerprint density at radius 1 is 0.750 bits per heavy atom. The number of hydrogen-bond acceptors (Lipinski definition) is 2. The summed E-state index contributed by atoms with van der Waals surface area (Å²) >= 11 is 0. The Labute approximate surface area is 218 Å². The molecule has 36 heavy (non-hydrogen) atoms. The van der Waals surface area contributed by atoms with E-state index < -0.39 is 0 Å². The van der Waals surface area contributed by atoms with Crippen molar-refractivity contribution < 1.29 is 18.6 Å². The lowest BCUT2D eigenvalue weighted by atomic mass is 9.59. The maximum absolute atomic E-state index is 11.9. The van der Waals surface area contributed by atoms with Gasteiger partial charge in [0.25, 0.3) is 0 Å². The van der Waals surface area contributed by atoms with Gasteiger partial charge in [0.1, 0.15) is 12.1 Å². The average molecular weight is 499 g/mol. The van der Waals surface area contributed by atoms with Crippen LogP contribution in [-0.4, -0.2) is 84.2 Å². The second-order valence-electron chi connectivity index (χ2n) is 12.9. The minimum atomic E-state index is -0.00232. The maximum atomic E-state index is 11.9. The first-order chi connectivity index (χ1) is 17.4. The number of rotatable bonds is 14. The number of piperidine rings is 3. The van der Waals surface area contributed by atoms with Gasteiger partial charge in [-0.25, -0.2) is 0 Å². The molecule has 1 saturated carbocycles. The molecule has 0 aromatic carbocycles. The molecule has 1 aliphatic carbocycles. The molecule has 1 spiro atoms. The summed E-state index contributed by atoms with van der Waals surface area (Å²) in [6.45, 7) is 16.1. The topological polar surface area (TPSA) is 58.2 Å². The van der Waals surface area contributed by atoms with Crippen LogP contribution in [0.1, 0.15) is 77.0 Å². The molecule has 5 heterocycles. The normalized spacial score (nSPS) is 39.8. The van der Waals surface area contributed by atoms with E-state index in [0.29, 0.717) is 29.5 Å². The fraction of sp³-hybridized carbons (Fsp3) is 0.800. The predicted octanol–water partition coefficient (Wildman–Crippen LogP) is 3.68. The van der Waals surface area contributed by atoms with Gasteiger partial charge < -0.3 is 19.6 Å². The highest BCUT2D eigenvalue weighted by atomic mass is 16.2.